The van der Waals surface area contributed by atoms with Gasteiger partial charge in [-0.1, -0.05) is 11.8 Å². The first-order chi connectivity index (χ1) is 11.1. The molecule has 4 N–H and O–H groups in total. The number of aromatic nitrogens is 2. The van der Waals surface area contributed by atoms with Gasteiger partial charge in [0.25, 0.3) is 5.69 Å². The molecule has 1 aliphatic rings. The molecule has 126 valence electrons. The van der Waals surface area contributed by atoms with Crippen LogP contribution in [0.5, 0.6) is 0 Å². The van der Waals surface area contributed by atoms with E-state index in [1.54, 1.807) is 30.1 Å². The van der Waals surface area contributed by atoms with E-state index in [9.17, 15) is 10.1 Å². The Hall–Kier alpha value is -2.59. The highest BCUT2D eigenvalue weighted by Gasteiger charge is 2.22. The van der Waals surface area contributed by atoms with E-state index < -0.39 is 4.92 Å². The maximum absolute atomic E-state index is 10.8. The molecule has 1 aliphatic heterocycles. The van der Waals surface area contributed by atoms with Gasteiger partial charge in [-0.15, -0.1) is 17.5 Å². The number of nitro groups is 1. The summed E-state index contributed by atoms with van der Waals surface area (Å²) >= 11 is 1.64. The molecule has 0 saturated carbocycles. The van der Waals surface area contributed by atoms with E-state index in [2.05, 4.69) is 15.2 Å². The smallest absolute Gasteiger partial charge is 0.269 e. The molecule has 1 aromatic heterocycles. The van der Waals surface area contributed by atoms with Crippen LogP contribution in [0.25, 0.3) is 11.3 Å². The standard InChI is InChI=1S/C13H13N7O2S.ClH/c14-12(15)18-16-7-10-11(17-13-19(10)5-6-23-13)8-1-3-9(4-2-8)20(21)22;/h1-4,7H,5-6H2,(H4,14,15,18);1H/b16-7+;. The third-order valence-corrected chi connectivity index (χ3v) is 4.18. The number of hydrogen-bond donors (Lipinski definition) is 2. The topological polar surface area (TPSA) is 138 Å². The number of halogens is 1. The molecule has 0 aliphatic carbocycles. The van der Waals surface area contributed by atoms with Crippen LogP contribution in [0.2, 0.25) is 0 Å². The van der Waals surface area contributed by atoms with Gasteiger partial charge in [-0.2, -0.15) is 5.10 Å². The first-order valence-electron chi connectivity index (χ1n) is 6.66. The van der Waals surface area contributed by atoms with Crippen molar-refractivity contribution in [2.45, 2.75) is 11.7 Å². The fourth-order valence-electron chi connectivity index (χ4n) is 2.23. The van der Waals surface area contributed by atoms with Crippen molar-refractivity contribution in [1.29, 1.82) is 0 Å². The van der Waals surface area contributed by atoms with Crippen LogP contribution in [0.4, 0.5) is 5.69 Å². The number of nitrogens with zero attached hydrogens (tertiary/aromatic N) is 5. The first kappa shape index (κ1) is 17.8. The van der Waals surface area contributed by atoms with Gasteiger partial charge in [-0.25, -0.2) is 4.98 Å². The van der Waals surface area contributed by atoms with Crippen LogP contribution < -0.4 is 11.5 Å². The summed E-state index contributed by atoms with van der Waals surface area (Å²) in [5.41, 5.74) is 12.8. The Labute approximate surface area is 147 Å². The van der Waals surface area contributed by atoms with Crippen LogP contribution in [0.1, 0.15) is 5.69 Å². The Morgan fingerprint density at radius 3 is 2.71 bits per heavy atom. The van der Waals surface area contributed by atoms with Gasteiger partial charge in [0.15, 0.2) is 5.16 Å². The zero-order valence-corrected chi connectivity index (χ0v) is 14.0. The molecule has 0 unspecified atom stereocenters. The number of thioether (sulfide) groups is 1. The van der Waals surface area contributed by atoms with Gasteiger partial charge < -0.3 is 16.0 Å². The molecular formula is C13H14ClN7O2S. The zero-order valence-electron chi connectivity index (χ0n) is 12.3. The first-order valence-corrected chi connectivity index (χ1v) is 7.65. The van der Waals surface area contributed by atoms with Crippen LogP contribution >= 0.6 is 24.2 Å². The van der Waals surface area contributed by atoms with Crippen molar-refractivity contribution in [2.75, 3.05) is 5.75 Å². The number of fused-ring (bicyclic) bond motifs is 1. The van der Waals surface area contributed by atoms with E-state index >= 15 is 0 Å². The van der Waals surface area contributed by atoms with Crippen molar-refractivity contribution in [3.8, 4) is 11.3 Å². The lowest BCUT2D eigenvalue weighted by molar-refractivity contribution is -0.384. The molecule has 0 atom stereocenters. The van der Waals surface area contributed by atoms with Crippen molar-refractivity contribution in [3.63, 3.8) is 0 Å². The number of hydrogen-bond acceptors (Lipinski definition) is 6. The SMILES string of the molecule is Cl.NC(N)=N/N=C/c1c(-c2ccc([N+](=O)[O-])cc2)nc2n1CCS2. The Balaban J connectivity index is 0.00000208. The molecule has 24 heavy (non-hydrogen) atoms. The Bertz CT molecular complexity index is 812. The normalized spacial score (nSPS) is 12.7. The van der Waals surface area contributed by atoms with Gasteiger partial charge in [0.1, 0.15) is 0 Å². The fourth-order valence-corrected chi connectivity index (χ4v) is 3.19. The number of rotatable bonds is 4. The summed E-state index contributed by atoms with van der Waals surface area (Å²) in [4.78, 5) is 14.9. The lowest BCUT2D eigenvalue weighted by Gasteiger charge is -2.02. The molecule has 0 fully saturated rings. The second-order valence-corrected chi connectivity index (χ2v) is 5.76. The monoisotopic (exact) mass is 367 g/mol. The highest BCUT2D eigenvalue weighted by molar-refractivity contribution is 7.99. The highest BCUT2D eigenvalue weighted by atomic mass is 35.5. The Morgan fingerprint density at radius 1 is 1.38 bits per heavy atom. The van der Waals surface area contributed by atoms with Gasteiger partial charge >= 0.3 is 0 Å². The molecule has 0 spiro atoms. The molecular weight excluding hydrogens is 354 g/mol. The van der Waals surface area contributed by atoms with Gasteiger partial charge in [0, 0.05) is 30.0 Å². The molecule has 9 nitrogen and oxygen atoms in total. The number of nitro benzene ring substituents is 1. The second kappa shape index (κ2) is 7.32. The maximum atomic E-state index is 10.8. The van der Waals surface area contributed by atoms with E-state index in [1.165, 1.54) is 12.1 Å². The average Bonchev–Trinajstić information content (AvgIpc) is 3.09. The molecule has 11 heteroatoms. The summed E-state index contributed by atoms with van der Waals surface area (Å²) in [5.74, 6) is 0.806. The predicted octanol–water partition coefficient (Wildman–Crippen LogP) is 1.59. The van der Waals surface area contributed by atoms with E-state index in [-0.39, 0.29) is 24.1 Å². The minimum absolute atomic E-state index is 0. The molecule has 0 saturated heterocycles. The number of imidazole rings is 1. The fraction of sp³-hybridized carbons (Fsp3) is 0.154. The van der Waals surface area contributed by atoms with Gasteiger partial charge in [-0.05, 0) is 12.1 Å². The van der Waals surface area contributed by atoms with E-state index in [1.807, 2.05) is 4.57 Å². The summed E-state index contributed by atoms with van der Waals surface area (Å²) in [5, 5.41) is 19.1. The molecule has 3 rings (SSSR count). The molecule has 0 amide bonds. The maximum Gasteiger partial charge on any atom is 0.269 e. The minimum atomic E-state index is -0.437. The summed E-state index contributed by atoms with van der Waals surface area (Å²) < 4.78 is 2.02. The zero-order chi connectivity index (χ0) is 16.4. The molecule has 1 aromatic carbocycles. The van der Waals surface area contributed by atoms with Crippen molar-refractivity contribution >= 4 is 42.0 Å². The lowest BCUT2D eigenvalue weighted by atomic mass is 10.1. The van der Waals surface area contributed by atoms with Crippen molar-refractivity contribution in [2.24, 2.45) is 21.7 Å². The van der Waals surface area contributed by atoms with Crippen LogP contribution in [0, 0.1) is 10.1 Å². The third kappa shape index (κ3) is 3.49. The number of nitrogens with two attached hydrogens (primary N) is 2. The Kier molecular flexibility index (Phi) is 5.42. The summed E-state index contributed by atoms with van der Waals surface area (Å²) in [7, 11) is 0. The Morgan fingerprint density at radius 2 is 2.08 bits per heavy atom. The summed E-state index contributed by atoms with van der Waals surface area (Å²) in [6.07, 6.45) is 1.54. The van der Waals surface area contributed by atoms with E-state index in [4.69, 9.17) is 11.5 Å². The van der Waals surface area contributed by atoms with Crippen LogP contribution in [0.15, 0.2) is 39.6 Å². The third-order valence-electron chi connectivity index (χ3n) is 3.22. The average molecular weight is 368 g/mol. The van der Waals surface area contributed by atoms with E-state index in [0.717, 1.165) is 28.7 Å². The van der Waals surface area contributed by atoms with Crippen molar-refractivity contribution < 1.29 is 4.92 Å². The predicted molar refractivity (Wildman–Crippen MR) is 95.7 cm³/mol. The number of guanidine groups is 1. The van der Waals surface area contributed by atoms with Crippen LogP contribution in [-0.2, 0) is 6.54 Å². The van der Waals surface area contributed by atoms with Crippen molar-refractivity contribution in [1.82, 2.24) is 9.55 Å². The van der Waals surface area contributed by atoms with Crippen molar-refractivity contribution in [3.05, 3.63) is 40.1 Å². The van der Waals surface area contributed by atoms with Crippen LogP contribution in [0.3, 0.4) is 0 Å². The number of non-ortho nitro benzene ring substituents is 1. The quantitative estimate of drug-likeness (QED) is 0.364. The van der Waals surface area contributed by atoms with Gasteiger partial charge in [0.2, 0.25) is 5.96 Å². The second-order valence-electron chi connectivity index (χ2n) is 4.70. The number of benzene rings is 1. The molecule has 2 aromatic rings. The highest BCUT2D eigenvalue weighted by Crippen LogP contribution is 2.32. The molecule has 2 heterocycles. The summed E-state index contributed by atoms with van der Waals surface area (Å²) in [6.45, 7) is 0.809. The van der Waals surface area contributed by atoms with E-state index in [0.29, 0.717) is 5.69 Å². The van der Waals surface area contributed by atoms with Gasteiger partial charge in [-0.3, -0.25) is 10.1 Å². The minimum Gasteiger partial charge on any atom is -0.369 e. The summed E-state index contributed by atoms with van der Waals surface area (Å²) in [6, 6.07) is 6.23. The molecule has 0 bridgehead atoms. The largest absolute Gasteiger partial charge is 0.369 e. The lowest BCUT2D eigenvalue weighted by Crippen LogP contribution is -2.21. The van der Waals surface area contributed by atoms with Crippen LogP contribution in [-0.4, -0.2) is 32.4 Å². The molecule has 0 radical (unpaired) electrons. The van der Waals surface area contributed by atoms with Gasteiger partial charge in [0.05, 0.1) is 22.5 Å².